The topological polar surface area (TPSA) is 84.9 Å². The summed E-state index contributed by atoms with van der Waals surface area (Å²) in [5, 5.41) is 2.87. The highest BCUT2D eigenvalue weighted by atomic mass is 16.5. The summed E-state index contributed by atoms with van der Waals surface area (Å²) in [6, 6.07) is 4.76. The predicted molar refractivity (Wildman–Crippen MR) is 97.1 cm³/mol. The summed E-state index contributed by atoms with van der Waals surface area (Å²) in [6.07, 6.45) is 2.48. The summed E-state index contributed by atoms with van der Waals surface area (Å²) < 4.78 is 10.2. The molecule has 1 saturated heterocycles. The molecule has 0 atom stereocenters. The second-order valence-electron chi connectivity index (χ2n) is 5.93. The molecule has 7 nitrogen and oxygen atoms in total. The van der Waals surface area contributed by atoms with Crippen molar-refractivity contribution in [3.8, 4) is 5.75 Å². The minimum absolute atomic E-state index is 0.110. The van der Waals surface area contributed by atoms with Crippen LogP contribution < -0.4 is 10.1 Å². The van der Waals surface area contributed by atoms with E-state index in [4.69, 9.17) is 9.47 Å². The van der Waals surface area contributed by atoms with Crippen molar-refractivity contribution in [3.05, 3.63) is 36.4 Å². The van der Waals surface area contributed by atoms with Gasteiger partial charge in [-0.25, -0.2) is 4.79 Å². The molecule has 1 N–H and O–H groups in total. The molecule has 2 amide bonds. The van der Waals surface area contributed by atoms with Gasteiger partial charge in [-0.3, -0.25) is 9.59 Å². The highest BCUT2D eigenvalue weighted by Crippen LogP contribution is 2.28. The SMILES string of the molecule is C=CC(=O)N1CCC(C(=O)Nc2ccc(C(=O)OC)cc2OCC)CC1. The summed E-state index contributed by atoms with van der Waals surface area (Å²) in [7, 11) is 1.31. The zero-order chi connectivity index (χ0) is 19.1. The van der Waals surface area contributed by atoms with E-state index >= 15 is 0 Å². The van der Waals surface area contributed by atoms with Crippen LogP contribution in [-0.2, 0) is 14.3 Å². The number of anilines is 1. The molecule has 0 saturated carbocycles. The number of methoxy groups -OCH3 is 1. The quantitative estimate of drug-likeness (QED) is 0.621. The number of hydrogen-bond donors (Lipinski definition) is 1. The van der Waals surface area contributed by atoms with Gasteiger partial charge in [0.2, 0.25) is 11.8 Å². The minimum Gasteiger partial charge on any atom is -0.492 e. The first kappa shape index (κ1) is 19.5. The molecule has 0 aromatic heterocycles. The summed E-state index contributed by atoms with van der Waals surface area (Å²) in [4.78, 5) is 37.5. The lowest BCUT2D eigenvalue weighted by molar-refractivity contribution is -0.130. The molecule has 0 bridgehead atoms. The highest BCUT2D eigenvalue weighted by Gasteiger charge is 2.27. The summed E-state index contributed by atoms with van der Waals surface area (Å²) in [5.74, 6) is -0.465. The van der Waals surface area contributed by atoms with E-state index < -0.39 is 5.97 Å². The average molecular weight is 360 g/mol. The first-order valence-corrected chi connectivity index (χ1v) is 8.57. The van der Waals surface area contributed by atoms with Crippen LogP contribution >= 0.6 is 0 Å². The molecule has 1 aliphatic rings. The number of benzene rings is 1. The van der Waals surface area contributed by atoms with E-state index in [0.717, 1.165) is 0 Å². The van der Waals surface area contributed by atoms with Crippen molar-refractivity contribution in [3.63, 3.8) is 0 Å². The van der Waals surface area contributed by atoms with Crippen LogP contribution in [0.25, 0.3) is 0 Å². The molecule has 1 aromatic carbocycles. The van der Waals surface area contributed by atoms with Gasteiger partial charge in [0.1, 0.15) is 5.75 Å². The van der Waals surface area contributed by atoms with E-state index in [9.17, 15) is 14.4 Å². The number of esters is 1. The third kappa shape index (κ3) is 4.62. The standard InChI is InChI=1S/C19H24N2O5/c1-4-17(22)21-10-8-13(9-11-21)18(23)20-15-7-6-14(19(24)25-3)12-16(15)26-5-2/h4,6-7,12-13H,1,5,8-11H2,2-3H3,(H,20,23). The van der Waals surface area contributed by atoms with Crippen LogP contribution in [-0.4, -0.2) is 49.5 Å². The number of amides is 2. The van der Waals surface area contributed by atoms with Gasteiger partial charge in [0.25, 0.3) is 0 Å². The predicted octanol–water partition coefficient (Wildman–Crippen LogP) is 2.24. The highest BCUT2D eigenvalue weighted by molar-refractivity contribution is 5.96. The number of nitrogens with one attached hydrogen (secondary N) is 1. The second kappa shape index (κ2) is 9.03. The largest absolute Gasteiger partial charge is 0.492 e. The zero-order valence-corrected chi connectivity index (χ0v) is 15.1. The van der Waals surface area contributed by atoms with Gasteiger partial charge in [-0.1, -0.05) is 6.58 Å². The van der Waals surface area contributed by atoms with Crippen molar-refractivity contribution < 1.29 is 23.9 Å². The Morgan fingerprint density at radius 2 is 2.00 bits per heavy atom. The van der Waals surface area contributed by atoms with Crippen LogP contribution in [0.3, 0.4) is 0 Å². The van der Waals surface area contributed by atoms with Gasteiger partial charge in [0.15, 0.2) is 0 Å². The van der Waals surface area contributed by atoms with E-state index in [0.29, 0.717) is 49.5 Å². The van der Waals surface area contributed by atoms with Gasteiger partial charge < -0.3 is 19.7 Å². The summed E-state index contributed by atoms with van der Waals surface area (Å²) in [5.41, 5.74) is 0.860. The van der Waals surface area contributed by atoms with Crippen LogP contribution in [0, 0.1) is 5.92 Å². The monoisotopic (exact) mass is 360 g/mol. The molecule has 26 heavy (non-hydrogen) atoms. The number of likely N-dealkylation sites (tertiary alicyclic amines) is 1. The molecule has 0 aliphatic carbocycles. The van der Waals surface area contributed by atoms with E-state index in [1.165, 1.54) is 13.2 Å². The normalized spacial score (nSPS) is 14.5. The first-order valence-electron chi connectivity index (χ1n) is 8.57. The average Bonchev–Trinajstić information content (AvgIpc) is 2.68. The number of hydrogen-bond acceptors (Lipinski definition) is 5. The fraction of sp³-hybridized carbons (Fsp3) is 0.421. The minimum atomic E-state index is -0.469. The number of ether oxygens (including phenoxy) is 2. The Labute approximate surface area is 153 Å². The van der Waals surface area contributed by atoms with Gasteiger partial charge in [-0.2, -0.15) is 0 Å². The van der Waals surface area contributed by atoms with Crippen molar-refractivity contribution in [2.75, 3.05) is 32.1 Å². The van der Waals surface area contributed by atoms with Crippen LogP contribution in [0.15, 0.2) is 30.9 Å². The summed E-state index contributed by atoms with van der Waals surface area (Å²) in [6.45, 7) is 6.76. The van der Waals surface area contributed by atoms with Gasteiger partial charge in [-0.05, 0) is 44.0 Å². The number of carbonyl (C=O) groups is 3. The molecule has 1 fully saturated rings. The maximum absolute atomic E-state index is 12.6. The lowest BCUT2D eigenvalue weighted by Crippen LogP contribution is -2.40. The number of nitrogens with zero attached hydrogens (tertiary/aromatic N) is 1. The molecule has 7 heteroatoms. The Kier molecular flexibility index (Phi) is 6.77. The third-order valence-electron chi connectivity index (χ3n) is 4.31. The fourth-order valence-corrected chi connectivity index (χ4v) is 2.87. The number of piperidine rings is 1. The van der Waals surface area contributed by atoms with Gasteiger partial charge in [0.05, 0.1) is 25.0 Å². The Hall–Kier alpha value is -2.83. The Morgan fingerprint density at radius 3 is 2.58 bits per heavy atom. The Morgan fingerprint density at radius 1 is 1.31 bits per heavy atom. The van der Waals surface area contributed by atoms with Crippen molar-refractivity contribution >= 4 is 23.5 Å². The van der Waals surface area contributed by atoms with Crippen molar-refractivity contribution in [2.24, 2.45) is 5.92 Å². The molecular formula is C19H24N2O5. The van der Waals surface area contributed by atoms with Gasteiger partial charge in [0, 0.05) is 19.0 Å². The Bertz CT molecular complexity index is 693. The van der Waals surface area contributed by atoms with Crippen molar-refractivity contribution in [2.45, 2.75) is 19.8 Å². The lowest BCUT2D eigenvalue weighted by Gasteiger charge is -2.30. The molecule has 0 unspecified atom stereocenters. The molecule has 1 aromatic rings. The van der Waals surface area contributed by atoms with E-state index in [-0.39, 0.29) is 17.7 Å². The fourth-order valence-electron chi connectivity index (χ4n) is 2.87. The Balaban J connectivity index is 2.05. The van der Waals surface area contributed by atoms with Gasteiger partial charge in [-0.15, -0.1) is 0 Å². The number of carbonyl (C=O) groups excluding carboxylic acids is 3. The molecule has 0 spiro atoms. The maximum Gasteiger partial charge on any atom is 0.337 e. The second-order valence-corrected chi connectivity index (χ2v) is 5.93. The van der Waals surface area contributed by atoms with E-state index in [2.05, 4.69) is 11.9 Å². The molecule has 140 valence electrons. The van der Waals surface area contributed by atoms with Gasteiger partial charge >= 0.3 is 5.97 Å². The molecular weight excluding hydrogens is 336 g/mol. The molecule has 1 heterocycles. The third-order valence-corrected chi connectivity index (χ3v) is 4.31. The lowest BCUT2D eigenvalue weighted by atomic mass is 9.95. The number of rotatable bonds is 6. The van der Waals surface area contributed by atoms with Crippen LogP contribution in [0.4, 0.5) is 5.69 Å². The van der Waals surface area contributed by atoms with Crippen LogP contribution in [0.1, 0.15) is 30.1 Å². The first-order chi connectivity index (χ1) is 12.5. The molecule has 2 rings (SSSR count). The smallest absolute Gasteiger partial charge is 0.337 e. The maximum atomic E-state index is 12.6. The zero-order valence-electron chi connectivity index (χ0n) is 15.1. The van der Waals surface area contributed by atoms with Crippen LogP contribution in [0.5, 0.6) is 5.75 Å². The van der Waals surface area contributed by atoms with E-state index in [1.807, 2.05) is 6.92 Å². The summed E-state index contributed by atoms with van der Waals surface area (Å²) >= 11 is 0. The molecule has 0 radical (unpaired) electrons. The van der Waals surface area contributed by atoms with Crippen LogP contribution in [0.2, 0.25) is 0 Å². The molecule has 1 aliphatic heterocycles. The van der Waals surface area contributed by atoms with Crippen molar-refractivity contribution in [1.82, 2.24) is 4.90 Å². The van der Waals surface area contributed by atoms with E-state index in [1.54, 1.807) is 23.1 Å². The van der Waals surface area contributed by atoms with Crippen molar-refractivity contribution in [1.29, 1.82) is 0 Å².